The molecular formula is C27H41N3O4S. The van der Waals surface area contributed by atoms with Crippen LogP contribution in [-0.2, 0) is 21.4 Å². The molecule has 0 saturated carbocycles. The minimum atomic E-state index is -3.78. The summed E-state index contributed by atoms with van der Waals surface area (Å²) in [7, 11) is 1.64. The maximum atomic E-state index is 13.5. The summed E-state index contributed by atoms with van der Waals surface area (Å²) in [6.45, 7) is 10.8. The van der Waals surface area contributed by atoms with E-state index in [9.17, 15) is 13.2 Å². The third-order valence-electron chi connectivity index (χ3n) is 6.60. The quantitative estimate of drug-likeness (QED) is 0.421. The second-order valence-electron chi connectivity index (χ2n) is 9.48. The van der Waals surface area contributed by atoms with E-state index in [1.54, 1.807) is 18.2 Å². The molecule has 1 N–H and O–H groups in total. The molecule has 0 spiro atoms. The minimum Gasteiger partial charge on any atom is -0.497 e. The summed E-state index contributed by atoms with van der Waals surface area (Å²) >= 11 is 0. The lowest BCUT2D eigenvalue weighted by Gasteiger charge is -2.35. The lowest BCUT2D eigenvalue weighted by Crippen LogP contribution is -2.44. The van der Waals surface area contributed by atoms with Gasteiger partial charge in [0.1, 0.15) is 5.75 Å². The number of benzene rings is 2. The van der Waals surface area contributed by atoms with Gasteiger partial charge in [-0.05, 0) is 73.7 Å². The van der Waals surface area contributed by atoms with Crippen molar-refractivity contribution in [3.8, 4) is 5.75 Å². The number of anilines is 2. The number of sulfonamides is 1. The highest BCUT2D eigenvalue weighted by molar-refractivity contribution is 7.92. The third kappa shape index (κ3) is 7.13. The number of rotatable bonds is 12. The Balaban J connectivity index is 2.45. The Hall–Kier alpha value is -2.74. The first-order valence-corrected chi connectivity index (χ1v) is 13.7. The zero-order valence-corrected chi connectivity index (χ0v) is 23.1. The molecule has 0 fully saturated rings. The van der Waals surface area contributed by atoms with Gasteiger partial charge < -0.3 is 14.5 Å². The van der Waals surface area contributed by atoms with E-state index >= 15 is 0 Å². The van der Waals surface area contributed by atoms with Gasteiger partial charge in [0.15, 0.2) is 0 Å². The van der Waals surface area contributed by atoms with Crippen molar-refractivity contribution in [1.29, 1.82) is 0 Å². The fourth-order valence-electron chi connectivity index (χ4n) is 4.02. The van der Waals surface area contributed by atoms with Gasteiger partial charge in [-0.25, -0.2) is 8.42 Å². The summed E-state index contributed by atoms with van der Waals surface area (Å²) < 4.78 is 33.8. The van der Waals surface area contributed by atoms with Crippen LogP contribution in [0.1, 0.15) is 53.0 Å². The number of amides is 1. The molecule has 0 heterocycles. The second-order valence-corrected chi connectivity index (χ2v) is 11.2. The van der Waals surface area contributed by atoms with Crippen molar-refractivity contribution in [1.82, 2.24) is 4.90 Å². The SMILES string of the molecule is CCC(CC)C(=O)N(Cc1cc(NS(=O)(=O)c2ccc(OC)cc2)ccc1N(C)C)[C@@H](C)C(C)C. The van der Waals surface area contributed by atoms with E-state index in [1.807, 2.05) is 49.9 Å². The first-order valence-electron chi connectivity index (χ1n) is 12.2. The number of methoxy groups -OCH3 is 1. The van der Waals surface area contributed by atoms with Crippen molar-refractivity contribution >= 4 is 27.3 Å². The molecule has 2 aromatic rings. The minimum absolute atomic E-state index is 0.0317. The van der Waals surface area contributed by atoms with Gasteiger partial charge in [0.25, 0.3) is 10.0 Å². The largest absolute Gasteiger partial charge is 0.497 e. The molecule has 194 valence electrons. The summed E-state index contributed by atoms with van der Waals surface area (Å²) in [6, 6.07) is 11.8. The summed E-state index contributed by atoms with van der Waals surface area (Å²) in [5, 5.41) is 0. The average molecular weight is 504 g/mol. The van der Waals surface area contributed by atoms with Crippen LogP contribution in [0.2, 0.25) is 0 Å². The van der Waals surface area contributed by atoms with E-state index in [-0.39, 0.29) is 28.7 Å². The van der Waals surface area contributed by atoms with Crippen LogP contribution in [0.5, 0.6) is 5.75 Å². The molecule has 7 nitrogen and oxygen atoms in total. The molecule has 0 aromatic heterocycles. The van der Waals surface area contributed by atoms with Gasteiger partial charge in [0.05, 0.1) is 12.0 Å². The Morgan fingerprint density at radius 3 is 2.09 bits per heavy atom. The van der Waals surface area contributed by atoms with Gasteiger partial charge in [-0.1, -0.05) is 27.7 Å². The maximum Gasteiger partial charge on any atom is 0.261 e. The van der Waals surface area contributed by atoms with Crippen LogP contribution < -0.4 is 14.4 Å². The molecule has 0 unspecified atom stereocenters. The van der Waals surface area contributed by atoms with Crippen LogP contribution >= 0.6 is 0 Å². The van der Waals surface area contributed by atoms with Crippen LogP contribution in [0.15, 0.2) is 47.4 Å². The van der Waals surface area contributed by atoms with Crippen LogP contribution in [0, 0.1) is 11.8 Å². The van der Waals surface area contributed by atoms with Crippen molar-refractivity contribution in [2.24, 2.45) is 11.8 Å². The number of nitrogens with zero attached hydrogens (tertiary/aromatic N) is 2. The highest BCUT2D eigenvalue weighted by Gasteiger charge is 2.28. The number of carbonyl (C=O) groups excluding carboxylic acids is 1. The molecule has 2 rings (SSSR count). The normalized spacial score (nSPS) is 12.5. The highest BCUT2D eigenvalue weighted by atomic mass is 32.2. The number of hydrogen-bond donors (Lipinski definition) is 1. The van der Waals surface area contributed by atoms with Gasteiger partial charge in [-0.3, -0.25) is 9.52 Å². The fourth-order valence-corrected chi connectivity index (χ4v) is 5.07. The zero-order valence-electron chi connectivity index (χ0n) is 22.3. The Bertz CT molecular complexity index is 1080. The lowest BCUT2D eigenvalue weighted by atomic mass is 9.97. The summed E-state index contributed by atoms with van der Waals surface area (Å²) in [5.74, 6) is 0.983. The molecule has 0 aliphatic rings. The van der Waals surface area contributed by atoms with Gasteiger partial charge in [-0.15, -0.1) is 0 Å². The monoisotopic (exact) mass is 503 g/mol. The third-order valence-corrected chi connectivity index (χ3v) is 8.00. The Labute approximate surface area is 211 Å². The van der Waals surface area contributed by atoms with Crippen molar-refractivity contribution < 1.29 is 17.9 Å². The zero-order chi connectivity index (χ0) is 26.3. The van der Waals surface area contributed by atoms with E-state index in [1.165, 1.54) is 19.2 Å². The molecule has 0 aliphatic carbocycles. The van der Waals surface area contributed by atoms with E-state index in [2.05, 4.69) is 25.5 Å². The fraction of sp³-hybridized carbons (Fsp3) is 0.519. The molecule has 0 bridgehead atoms. The summed E-state index contributed by atoms with van der Waals surface area (Å²) in [5.41, 5.74) is 2.28. The predicted octanol–water partition coefficient (Wildman–Crippen LogP) is 5.37. The molecule has 2 aromatic carbocycles. The van der Waals surface area contributed by atoms with Crippen molar-refractivity contribution in [2.45, 2.75) is 64.9 Å². The Morgan fingerprint density at radius 1 is 1.00 bits per heavy atom. The first-order chi connectivity index (χ1) is 16.4. The number of nitrogens with one attached hydrogen (secondary N) is 1. The second kappa shape index (κ2) is 12.3. The maximum absolute atomic E-state index is 13.5. The van der Waals surface area contributed by atoms with Crippen molar-refractivity contribution in [3.05, 3.63) is 48.0 Å². The van der Waals surface area contributed by atoms with E-state index in [0.717, 1.165) is 24.1 Å². The van der Waals surface area contributed by atoms with Crippen molar-refractivity contribution in [3.63, 3.8) is 0 Å². The topological polar surface area (TPSA) is 79.0 Å². The standard InChI is InChI=1S/C27H41N3O4S/c1-9-21(10-2)27(31)30(20(5)19(3)4)18-22-17-23(11-16-26(22)29(6)7)28-35(32,33)25-14-12-24(34-8)13-15-25/h11-17,19-21,28H,9-10,18H2,1-8H3/t20-/m0/s1. The Morgan fingerprint density at radius 2 is 1.60 bits per heavy atom. The lowest BCUT2D eigenvalue weighted by molar-refractivity contribution is -0.139. The predicted molar refractivity (Wildman–Crippen MR) is 143 cm³/mol. The number of carbonyl (C=O) groups is 1. The highest BCUT2D eigenvalue weighted by Crippen LogP contribution is 2.29. The molecule has 1 amide bonds. The first kappa shape index (κ1) is 28.5. The molecule has 0 saturated heterocycles. The molecular weight excluding hydrogens is 462 g/mol. The average Bonchev–Trinajstić information content (AvgIpc) is 2.82. The van der Waals surface area contributed by atoms with Gasteiger partial charge in [0, 0.05) is 44.0 Å². The Kier molecular flexibility index (Phi) is 10.0. The summed E-state index contributed by atoms with van der Waals surface area (Å²) in [4.78, 5) is 17.6. The molecule has 1 atom stereocenters. The summed E-state index contributed by atoms with van der Waals surface area (Å²) in [6.07, 6.45) is 1.58. The van der Waals surface area contributed by atoms with Crippen LogP contribution in [0.4, 0.5) is 11.4 Å². The number of hydrogen-bond acceptors (Lipinski definition) is 5. The molecule has 35 heavy (non-hydrogen) atoms. The number of ether oxygens (including phenoxy) is 1. The van der Waals surface area contributed by atoms with Crippen LogP contribution in [0.3, 0.4) is 0 Å². The molecule has 0 aliphatic heterocycles. The van der Waals surface area contributed by atoms with Crippen molar-refractivity contribution in [2.75, 3.05) is 30.8 Å². The van der Waals surface area contributed by atoms with E-state index in [4.69, 9.17) is 4.74 Å². The van der Waals surface area contributed by atoms with Gasteiger partial charge in [-0.2, -0.15) is 0 Å². The van der Waals surface area contributed by atoms with Crippen LogP contribution in [-0.4, -0.2) is 46.5 Å². The molecule has 8 heteroatoms. The van der Waals surface area contributed by atoms with Gasteiger partial charge >= 0.3 is 0 Å². The van der Waals surface area contributed by atoms with E-state index in [0.29, 0.717) is 18.0 Å². The van der Waals surface area contributed by atoms with E-state index < -0.39 is 10.0 Å². The smallest absolute Gasteiger partial charge is 0.261 e. The van der Waals surface area contributed by atoms with Gasteiger partial charge in [0.2, 0.25) is 5.91 Å². The molecule has 0 radical (unpaired) electrons. The van der Waals surface area contributed by atoms with Crippen LogP contribution in [0.25, 0.3) is 0 Å².